The first-order valence-electron chi connectivity index (χ1n) is 12.2. The number of aliphatic hydroxyl groups is 1. The Kier molecular flexibility index (Phi) is 8.98. The van der Waals surface area contributed by atoms with Gasteiger partial charge in [0, 0.05) is 19.6 Å². The van der Waals surface area contributed by atoms with E-state index in [9.17, 15) is 5.11 Å². The van der Waals surface area contributed by atoms with Gasteiger partial charge in [-0.2, -0.15) is 0 Å². The molecule has 1 unspecified atom stereocenters. The molecule has 0 bridgehead atoms. The van der Waals surface area contributed by atoms with Crippen molar-refractivity contribution in [1.29, 1.82) is 0 Å². The number of anilines is 1. The maximum Gasteiger partial charge on any atom is 0.142 e. The van der Waals surface area contributed by atoms with Gasteiger partial charge in [0.05, 0.1) is 18.9 Å². The van der Waals surface area contributed by atoms with E-state index in [4.69, 9.17) is 15.2 Å². The van der Waals surface area contributed by atoms with Crippen LogP contribution in [-0.2, 0) is 19.6 Å². The number of nitrogens with zero attached hydrogens (tertiary/aromatic N) is 1. The number of benzene rings is 4. The SMILES string of the molecule is COc1ccc(CCN(Cc2ccccc2)CC(O)c2ccc(OCc3ccccc3)c(N)c2)cc1. The van der Waals surface area contributed by atoms with E-state index in [0.717, 1.165) is 36.4 Å². The molecule has 0 fully saturated rings. The van der Waals surface area contributed by atoms with Crippen LogP contribution in [0.4, 0.5) is 5.69 Å². The Bertz CT molecular complexity index is 1200. The number of nitrogen functional groups attached to an aromatic ring is 1. The molecule has 1 atom stereocenters. The number of methoxy groups -OCH3 is 1. The van der Waals surface area contributed by atoms with Crippen molar-refractivity contribution in [3.63, 3.8) is 0 Å². The van der Waals surface area contributed by atoms with Crippen molar-refractivity contribution in [2.75, 3.05) is 25.9 Å². The predicted octanol–water partition coefficient (Wildman–Crippen LogP) is 5.63. The van der Waals surface area contributed by atoms with E-state index < -0.39 is 6.10 Å². The molecule has 0 saturated heterocycles. The van der Waals surface area contributed by atoms with Gasteiger partial charge in [0.25, 0.3) is 0 Å². The highest BCUT2D eigenvalue weighted by atomic mass is 16.5. The number of hydrogen-bond acceptors (Lipinski definition) is 5. The van der Waals surface area contributed by atoms with E-state index in [2.05, 4.69) is 29.2 Å². The molecule has 186 valence electrons. The van der Waals surface area contributed by atoms with Gasteiger partial charge in [-0.05, 0) is 52.9 Å². The summed E-state index contributed by atoms with van der Waals surface area (Å²) in [6.45, 7) is 2.51. The van der Waals surface area contributed by atoms with Crippen molar-refractivity contribution < 1.29 is 14.6 Å². The van der Waals surface area contributed by atoms with Gasteiger partial charge in [-0.15, -0.1) is 0 Å². The molecule has 3 N–H and O–H groups in total. The Balaban J connectivity index is 1.41. The van der Waals surface area contributed by atoms with E-state index in [1.54, 1.807) is 7.11 Å². The summed E-state index contributed by atoms with van der Waals surface area (Å²) in [4.78, 5) is 2.28. The van der Waals surface area contributed by atoms with E-state index in [1.165, 1.54) is 11.1 Å². The molecule has 0 aromatic heterocycles. The molecule has 4 aromatic carbocycles. The van der Waals surface area contributed by atoms with Gasteiger partial charge in [-0.3, -0.25) is 4.90 Å². The second-order valence-corrected chi connectivity index (χ2v) is 8.91. The Labute approximate surface area is 213 Å². The zero-order chi connectivity index (χ0) is 25.2. The molecule has 0 spiro atoms. The van der Waals surface area contributed by atoms with Gasteiger partial charge in [0.1, 0.15) is 18.1 Å². The van der Waals surface area contributed by atoms with Crippen LogP contribution in [0.15, 0.2) is 103 Å². The Hall–Kier alpha value is -3.80. The van der Waals surface area contributed by atoms with Gasteiger partial charge in [-0.25, -0.2) is 0 Å². The van der Waals surface area contributed by atoms with Crippen LogP contribution in [0, 0.1) is 0 Å². The largest absolute Gasteiger partial charge is 0.497 e. The Morgan fingerprint density at radius 3 is 2.11 bits per heavy atom. The number of nitrogens with two attached hydrogens (primary N) is 1. The lowest BCUT2D eigenvalue weighted by atomic mass is 10.1. The van der Waals surface area contributed by atoms with E-state index in [1.807, 2.05) is 78.9 Å². The molecule has 0 aliphatic carbocycles. The van der Waals surface area contributed by atoms with Crippen molar-refractivity contribution in [3.8, 4) is 11.5 Å². The summed E-state index contributed by atoms with van der Waals surface area (Å²) in [6, 6.07) is 34.0. The van der Waals surface area contributed by atoms with Gasteiger partial charge >= 0.3 is 0 Å². The lowest BCUT2D eigenvalue weighted by Gasteiger charge is -2.26. The summed E-state index contributed by atoms with van der Waals surface area (Å²) in [5.74, 6) is 1.47. The molecule has 4 aromatic rings. The van der Waals surface area contributed by atoms with Crippen LogP contribution in [0.2, 0.25) is 0 Å². The van der Waals surface area contributed by atoms with Crippen molar-refractivity contribution >= 4 is 5.69 Å². The summed E-state index contributed by atoms with van der Waals surface area (Å²) in [7, 11) is 1.67. The molecular weight excluding hydrogens is 448 g/mol. The van der Waals surface area contributed by atoms with Gasteiger partial charge in [0.2, 0.25) is 0 Å². The highest BCUT2D eigenvalue weighted by Gasteiger charge is 2.16. The zero-order valence-corrected chi connectivity index (χ0v) is 20.7. The molecule has 0 aliphatic rings. The summed E-state index contributed by atoms with van der Waals surface area (Å²) in [5.41, 5.74) is 11.1. The Morgan fingerprint density at radius 2 is 1.47 bits per heavy atom. The fourth-order valence-corrected chi connectivity index (χ4v) is 4.15. The van der Waals surface area contributed by atoms with Crippen LogP contribution in [0.25, 0.3) is 0 Å². The highest BCUT2D eigenvalue weighted by Crippen LogP contribution is 2.27. The van der Waals surface area contributed by atoms with Crippen LogP contribution < -0.4 is 15.2 Å². The van der Waals surface area contributed by atoms with Crippen molar-refractivity contribution in [3.05, 3.63) is 125 Å². The maximum absolute atomic E-state index is 11.1. The normalized spacial score (nSPS) is 11.9. The van der Waals surface area contributed by atoms with E-state index >= 15 is 0 Å². The molecular formula is C31H34N2O3. The molecule has 0 amide bonds. The third kappa shape index (κ3) is 7.35. The van der Waals surface area contributed by atoms with E-state index in [0.29, 0.717) is 24.6 Å². The van der Waals surface area contributed by atoms with Crippen LogP contribution in [0.3, 0.4) is 0 Å². The van der Waals surface area contributed by atoms with Crippen LogP contribution in [0.5, 0.6) is 11.5 Å². The smallest absolute Gasteiger partial charge is 0.142 e. The molecule has 4 rings (SSSR count). The first-order valence-corrected chi connectivity index (χ1v) is 12.2. The molecule has 0 radical (unpaired) electrons. The predicted molar refractivity (Wildman–Crippen MR) is 145 cm³/mol. The minimum atomic E-state index is -0.671. The fraction of sp³-hybridized carbons (Fsp3) is 0.226. The van der Waals surface area contributed by atoms with Gasteiger partial charge in [-0.1, -0.05) is 78.9 Å². The molecule has 0 aliphatic heterocycles. The lowest BCUT2D eigenvalue weighted by molar-refractivity contribution is 0.109. The third-order valence-corrected chi connectivity index (χ3v) is 6.21. The topological polar surface area (TPSA) is 68.0 Å². The van der Waals surface area contributed by atoms with Crippen molar-refractivity contribution in [2.45, 2.75) is 25.7 Å². The summed E-state index contributed by atoms with van der Waals surface area (Å²) < 4.78 is 11.2. The van der Waals surface area contributed by atoms with Crippen molar-refractivity contribution in [1.82, 2.24) is 4.90 Å². The van der Waals surface area contributed by atoms with Gasteiger partial charge < -0.3 is 20.3 Å². The monoisotopic (exact) mass is 482 g/mol. The maximum atomic E-state index is 11.1. The molecule has 5 nitrogen and oxygen atoms in total. The number of ether oxygens (including phenoxy) is 2. The van der Waals surface area contributed by atoms with Gasteiger partial charge in [0.15, 0.2) is 0 Å². The summed E-state index contributed by atoms with van der Waals surface area (Å²) in [6.07, 6.45) is 0.202. The fourth-order valence-electron chi connectivity index (χ4n) is 4.15. The standard InChI is InChI=1S/C31H34N2O3/c1-35-28-15-12-24(13-16-28)18-19-33(21-25-8-4-2-5-9-25)22-30(34)27-14-17-31(29(32)20-27)36-23-26-10-6-3-7-11-26/h2-17,20,30,34H,18-19,21-23,32H2,1H3. The zero-order valence-electron chi connectivity index (χ0n) is 20.7. The van der Waals surface area contributed by atoms with Crippen LogP contribution in [-0.4, -0.2) is 30.2 Å². The summed E-state index contributed by atoms with van der Waals surface area (Å²) >= 11 is 0. The quantitative estimate of drug-likeness (QED) is 0.256. The van der Waals surface area contributed by atoms with Crippen molar-refractivity contribution in [2.24, 2.45) is 0 Å². The lowest BCUT2D eigenvalue weighted by Crippen LogP contribution is -2.30. The minimum absolute atomic E-state index is 0.448. The first kappa shape index (κ1) is 25.3. The molecule has 36 heavy (non-hydrogen) atoms. The summed E-state index contributed by atoms with van der Waals surface area (Å²) in [5, 5.41) is 11.1. The second-order valence-electron chi connectivity index (χ2n) is 8.91. The molecule has 0 saturated carbocycles. The first-order chi connectivity index (χ1) is 17.6. The minimum Gasteiger partial charge on any atom is -0.497 e. The number of rotatable bonds is 12. The second kappa shape index (κ2) is 12.8. The molecule has 0 heterocycles. The Morgan fingerprint density at radius 1 is 0.806 bits per heavy atom. The number of aliphatic hydroxyl groups excluding tert-OH is 1. The number of hydrogen-bond donors (Lipinski definition) is 2. The average Bonchev–Trinajstić information content (AvgIpc) is 2.92. The van der Waals surface area contributed by atoms with Crippen LogP contribution in [0.1, 0.15) is 28.4 Å². The average molecular weight is 483 g/mol. The third-order valence-electron chi connectivity index (χ3n) is 6.21. The van der Waals surface area contributed by atoms with Crippen LogP contribution >= 0.6 is 0 Å². The van der Waals surface area contributed by atoms with E-state index in [-0.39, 0.29) is 0 Å². The highest BCUT2D eigenvalue weighted by molar-refractivity contribution is 5.54. The molecule has 5 heteroatoms.